The van der Waals surface area contributed by atoms with Crippen LogP contribution in [-0.2, 0) is 11.4 Å². The van der Waals surface area contributed by atoms with E-state index in [1.54, 1.807) is 43.5 Å². The minimum absolute atomic E-state index is 0.0275. The molecule has 0 fully saturated rings. The van der Waals surface area contributed by atoms with Gasteiger partial charge in [0.2, 0.25) is 5.91 Å². The van der Waals surface area contributed by atoms with Gasteiger partial charge in [0.05, 0.1) is 12.9 Å². The zero-order valence-electron chi connectivity index (χ0n) is 15.9. The number of ketones is 1. The highest BCUT2D eigenvalue weighted by Crippen LogP contribution is 2.27. The van der Waals surface area contributed by atoms with Gasteiger partial charge in [0.25, 0.3) is 11.1 Å². The first-order valence-electron chi connectivity index (χ1n) is 8.67. The maximum Gasteiger partial charge on any atom is 0.277 e. The molecule has 0 radical (unpaired) electrons. The molecule has 0 aliphatic carbocycles. The van der Waals surface area contributed by atoms with Crippen LogP contribution in [0, 0.1) is 0 Å². The number of nitrogens with zero attached hydrogens (tertiary/aromatic N) is 2. The summed E-state index contributed by atoms with van der Waals surface area (Å²) in [6.45, 7) is 1.58. The number of aromatic nitrogens is 2. The van der Waals surface area contributed by atoms with Gasteiger partial charge in [0.15, 0.2) is 23.9 Å². The van der Waals surface area contributed by atoms with Crippen LogP contribution >= 0.6 is 11.8 Å². The average Bonchev–Trinajstić information content (AvgIpc) is 3.19. The zero-order chi connectivity index (χ0) is 20.6. The summed E-state index contributed by atoms with van der Waals surface area (Å²) in [6.07, 6.45) is 0. The number of amides is 1. The fourth-order valence-corrected chi connectivity index (χ4v) is 2.93. The summed E-state index contributed by atoms with van der Waals surface area (Å²) in [4.78, 5) is 23.3. The van der Waals surface area contributed by atoms with E-state index >= 15 is 0 Å². The SMILES string of the molecule is COc1ccccc1OCc1nnc(SCC(=O)Nc2ccc(C(C)=O)cc2)o1. The van der Waals surface area contributed by atoms with Gasteiger partial charge in [-0.15, -0.1) is 10.2 Å². The van der Waals surface area contributed by atoms with Crippen LogP contribution in [0.1, 0.15) is 23.2 Å². The lowest BCUT2D eigenvalue weighted by Crippen LogP contribution is -2.14. The fourth-order valence-electron chi connectivity index (χ4n) is 2.35. The summed E-state index contributed by atoms with van der Waals surface area (Å²) >= 11 is 1.12. The molecule has 1 N–H and O–H groups in total. The van der Waals surface area contributed by atoms with Crippen molar-refractivity contribution in [2.75, 3.05) is 18.2 Å². The van der Waals surface area contributed by atoms with Gasteiger partial charge in [-0.25, -0.2) is 0 Å². The number of nitrogens with one attached hydrogen (secondary N) is 1. The molecule has 0 saturated carbocycles. The first kappa shape index (κ1) is 20.4. The molecular formula is C20H19N3O5S. The molecule has 1 heterocycles. The van der Waals surface area contributed by atoms with Gasteiger partial charge >= 0.3 is 0 Å². The normalized spacial score (nSPS) is 10.4. The molecule has 29 heavy (non-hydrogen) atoms. The highest BCUT2D eigenvalue weighted by Gasteiger charge is 2.12. The van der Waals surface area contributed by atoms with E-state index in [0.717, 1.165) is 11.8 Å². The van der Waals surface area contributed by atoms with Crippen molar-refractivity contribution in [1.82, 2.24) is 10.2 Å². The maximum absolute atomic E-state index is 12.1. The molecule has 9 heteroatoms. The summed E-state index contributed by atoms with van der Waals surface area (Å²) in [6, 6.07) is 13.9. The molecule has 0 saturated heterocycles. The minimum Gasteiger partial charge on any atom is -0.493 e. The number of carbonyl (C=O) groups excluding carboxylic acids is 2. The third-order valence-corrected chi connectivity index (χ3v) is 4.59. The van der Waals surface area contributed by atoms with Crippen molar-refractivity contribution < 1.29 is 23.5 Å². The quantitative estimate of drug-likeness (QED) is 0.419. The van der Waals surface area contributed by atoms with Crippen LogP contribution in [0.15, 0.2) is 58.2 Å². The van der Waals surface area contributed by atoms with Crippen LogP contribution in [0.25, 0.3) is 0 Å². The first-order chi connectivity index (χ1) is 14.0. The summed E-state index contributed by atoms with van der Waals surface area (Å²) in [5, 5.41) is 10.8. The molecule has 1 amide bonds. The Morgan fingerprint density at radius 3 is 2.48 bits per heavy atom. The summed E-state index contributed by atoms with van der Waals surface area (Å²) in [5.41, 5.74) is 1.20. The lowest BCUT2D eigenvalue weighted by molar-refractivity contribution is -0.113. The molecule has 150 valence electrons. The predicted octanol–water partition coefficient (Wildman–Crippen LogP) is 3.59. The second kappa shape index (κ2) is 9.74. The van der Waals surface area contributed by atoms with Crippen molar-refractivity contribution in [3.8, 4) is 11.5 Å². The Morgan fingerprint density at radius 1 is 1.07 bits per heavy atom. The molecule has 0 bridgehead atoms. The summed E-state index contributed by atoms with van der Waals surface area (Å²) in [5.74, 6) is 1.31. The largest absolute Gasteiger partial charge is 0.493 e. The number of para-hydroxylation sites is 2. The monoisotopic (exact) mass is 413 g/mol. The van der Waals surface area contributed by atoms with Gasteiger partial charge in [0.1, 0.15) is 0 Å². The standard InChI is InChI=1S/C20H19N3O5S/c1-13(24)14-7-9-15(10-8-14)21-18(25)12-29-20-23-22-19(28-20)11-27-17-6-4-3-5-16(17)26-2/h3-10H,11-12H2,1-2H3,(H,21,25). The lowest BCUT2D eigenvalue weighted by atomic mass is 10.1. The molecule has 0 atom stereocenters. The maximum atomic E-state index is 12.1. The smallest absolute Gasteiger partial charge is 0.277 e. The molecule has 3 rings (SSSR count). The van der Waals surface area contributed by atoms with E-state index in [4.69, 9.17) is 13.9 Å². The Morgan fingerprint density at radius 2 is 1.79 bits per heavy atom. The molecule has 0 aliphatic rings. The van der Waals surface area contributed by atoms with Crippen molar-refractivity contribution in [1.29, 1.82) is 0 Å². The molecule has 8 nitrogen and oxygen atoms in total. The first-order valence-corrected chi connectivity index (χ1v) is 9.65. The number of ether oxygens (including phenoxy) is 2. The number of benzene rings is 2. The van der Waals surface area contributed by atoms with Gasteiger partial charge in [0, 0.05) is 11.3 Å². The molecular weight excluding hydrogens is 394 g/mol. The molecule has 3 aromatic rings. The van der Waals surface area contributed by atoms with Crippen LogP contribution in [-0.4, -0.2) is 34.8 Å². The van der Waals surface area contributed by atoms with Gasteiger partial charge in [-0.05, 0) is 43.3 Å². The fraction of sp³-hybridized carbons (Fsp3) is 0.200. The Hall–Kier alpha value is -3.33. The summed E-state index contributed by atoms with van der Waals surface area (Å²) in [7, 11) is 1.56. The highest BCUT2D eigenvalue weighted by atomic mass is 32.2. The van der Waals surface area contributed by atoms with Crippen LogP contribution in [0.3, 0.4) is 0 Å². The van der Waals surface area contributed by atoms with E-state index < -0.39 is 0 Å². The van der Waals surface area contributed by atoms with Gasteiger partial charge in [-0.1, -0.05) is 23.9 Å². The van der Waals surface area contributed by atoms with E-state index in [1.165, 1.54) is 6.92 Å². The van der Waals surface area contributed by atoms with Gasteiger partial charge < -0.3 is 19.2 Å². The van der Waals surface area contributed by atoms with Crippen molar-refractivity contribution in [2.45, 2.75) is 18.8 Å². The predicted molar refractivity (Wildman–Crippen MR) is 107 cm³/mol. The van der Waals surface area contributed by atoms with E-state index in [1.807, 2.05) is 12.1 Å². The second-order valence-electron chi connectivity index (χ2n) is 5.87. The Bertz CT molecular complexity index is 988. The van der Waals surface area contributed by atoms with Crippen molar-refractivity contribution in [2.24, 2.45) is 0 Å². The highest BCUT2D eigenvalue weighted by molar-refractivity contribution is 7.99. The number of carbonyl (C=O) groups is 2. The van der Waals surface area contributed by atoms with E-state index in [2.05, 4.69) is 15.5 Å². The molecule has 0 aliphatic heterocycles. The number of anilines is 1. The van der Waals surface area contributed by atoms with Crippen molar-refractivity contribution in [3.05, 3.63) is 60.0 Å². The Labute approximate surface area is 171 Å². The third-order valence-electron chi connectivity index (χ3n) is 3.77. The number of hydrogen-bond donors (Lipinski definition) is 1. The number of Topliss-reactive ketones (excluding diaryl/α,β-unsaturated/α-hetero) is 1. The number of methoxy groups -OCH3 is 1. The van der Waals surface area contributed by atoms with Gasteiger partial charge in [-0.3, -0.25) is 9.59 Å². The van der Waals surface area contributed by atoms with Crippen molar-refractivity contribution >= 4 is 29.1 Å². The molecule has 0 spiro atoms. The van der Waals surface area contributed by atoms with Crippen molar-refractivity contribution in [3.63, 3.8) is 0 Å². The van der Waals surface area contributed by atoms with Crippen LogP contribution in [0.5, 0.6) is 11.5 Å². The topological polar surface area (TPSA) is 104 Å². The third kappa shape index (κ3) is 5.82. The number of thioether (sulfide) groups is 1. The minimum atomic E-state index is -0.226. The molecule has 0 unspecified atom stereocenters. The molecule has 1 aromatic heterocycles. The van der Waals surface area contributed by atoms with Crippen LogP contribution in [0.4, 0.5) is 5.69 Å². The molecule has 2 aromatic carbocycles. The number of rotatable bonds is 9. The lowest BCUT2D eigenvalue weighted by Gasteiger charge is -2.07. The van der Waals surface area contributed by atoms with Gasteiger partial charge in [-0.2, -0.15) is 0 Å². The zero-order valence-corrected chi connectivity index (χ0v) is 16.7. The van der Waals surface area contributed by atoms with E-state index in [9.17, 15) is 9.59 Å². The Balaban J connectivity index is 1.47. The second-order valence-corrected chi connectivity index (χ2v) is 6.80. The van der Waals surface area contributed by atoms with Crippen LogP contribution < -0.4 is 14.8 Å². The average molecular weight is 413 g/mol. The number of hydrogen-bond acceptors (Lipinski definition) is 8. The summed E-state index contributed by atoms with van der Waals surface area (Å²) < 4.78 is 16.3. The van der Waals surface area contributed by atoms with E-state index in [-0.39, 0.29) is 29.3 Å². The van der Waals surface area contributed by atoms with E-state index in [0.29, 0.717) is 28.6 Å². The van der Waals surface area contributed by atoms with Crippen LogP contribution in [0.2, 0.25) is 0 Å². The Kier molecular flexibility index (Phi) is 6.85.